The summed E-state index contributed by atoms with van der Waals surface area (Å²) in [6, 6.07) is 9.99. The molecule has 0 saturated heterocycles. The van der Waals surface area contributed by atoms with Crippen LogP contribution in [0.2, 0.25) is 0 Å². The summed E-state index contributed by atoms with van der Waals surface area (Å²) in [5, 5.41) is 12.0. The Morgan fingerprint density at radius 1 is 1.27 bits per heavy atom. The van der Waals surface area contributed by atoms with Crippen LogP contribution in [-0.2, 0) is 10.5 Å². The lowest BCUT2D eigenvalue weighted by molar-refractivity contribution is -0.120. The number of thioether (sulfide) groups is 1. The van der Waals surface area contributed by atoms with Crippen LogP contribution in [0.25, 0.3) is 0 Å². The Hall–Kier alpha value is -1.47. The van der Waals surface area contributed by atoms with Crippen LogP contribution in [0, 0.1) is 23.2 Å². The fraction of sp³-hybridized carbons (Fsp3) is 0.556. The molecule has 1 saturated carbocycles. The molecule has 1 fully saturated rings. The van der Waals surface area contributed by atoms with E-state index in [1.54, 1.807) is 11.8 Å². The SMILES string of the molecule is C[C@@H]1CCC[C@H](C)C1NC(=O)CSCc1ccc(C#N)cc1. The van der Waals surface area contributed by atoms with Gasteiger partial charge in [-0.1, -0.05) is 32.4 Å². The van der Waals surface area contributed by atoms with E-state index in [1.165, 1.54) is 19.3 Å². The van der Waals surface area contributed by atoms with Crippen molar-refractivity contribution < 1.29 is 4.79 Å². The van der Waals surface area contributed by atoms with Crippen LogP contribution < -0.4 is 5.32 Å². The van der Waals surface area contributed by atoms with Gasteiger partial charge in [-0.05, 0) is 42.4 Å². The Balaban J connectivity index is 1.74. The van der Waals surface area contributed by atoms with Crippen molar-refractivity contribution in [1.82, 2.24) is 5.32 Å². The minimum Gasteiger partial charge on any atom is -0.352 e. The van der Waals surface area contributed by atoms with E-state index in [1.807, 2.05) is 24.3 Å². The van der Waals surface area contributed by atoms with Gasteiger partial charge >= 0.3 is 0 Å². The minimum atomic E-state index is 0.143. The number of nitrogens with one attached hydrogen (secondary N) is 1. The maximum Gasteiger partial charge on any atom is 0.230 e. The molecule has 1 aromatic carbocycles. The number of rotatable bonds is 5. The highest BCUT2D eigenvalue weighted by molar-refractivity contribution is 7.99. The maximum atomic E-state index is 12.1. The summed E-state index contributed by atoms with van der Waals surface area (Å²) in [5.41, 5.74) is 1.82. The van der Waals surface area contributed by atoms with Gasteiger partial charge in [0.1, 0.15) is 0 Å². The zero-order valence-electron chi connectivity index (χ0n) is 13.3. The molecule has 0 spiro atoms. The quantitative estimate of drug-likeness (QED) is 0.900. The molecule has 1 unspecified atom stereocenters. The van der Waals surface area contributed by atoms with Gasteiger partial charge in [-0.15, -0.1) is 11.8 Å². The molecule has 0 heterocycles. The second-order valence-electron chi connectivity index (χ2n) is 6.28. The predicted octanol–water partition coefficient (Wildman–Crippen LogP) is 3.73. The predicted molar refractivity (Wildman–Crippen MR) is 91.4 cm³/mol. The Morgan fingerprint density at radius 3 is 2.50 bits per heavy atom. The van der Waals surface area contributed by atoms with Crippen molar-refractivity contribution in [3.63, 3.8) is 0 Å². The smallest absolute Gasteiger partial charge is 0.230 e. The van der Waals surface area contributed by atoms with Crippen LogP contribution in [0.15, 0.2) is 24.3 Å². The lowest BCUT2D eigenvalue weighted by atomic mass is 9.79. The number of nitrogens with zero attached hydrogens (tertiary/aromatic N) is 1. The number of hydrogen-bond acceptors (Lipinski definition) is 3. The normalized spacial score (nSPS) is 24.5. The first-order chi connectivity index (χ1) is 10.6. The third kappa shape index (κ3) is 4.78. The first-order valence-corrected chi connectivity index (χ1v) is 9.11. The van der Waals surface area contributed by atoms with Crippen molar-refractivity contribution in [1.29, 1.82) is 5.26 Å². The molecular formula is C18H24N2OS. The van der Waals surface area contributed by atoms with Crippen molar-refractivity contribution in [2.45, 2.75) is 44.9 Å². The Bertz CT molecular complexity index is 525. The lowest BCUT2D eigenvalue weighted by Gasteiger charge is -2.35. The molecule has 1 amide bonds. The van der Waals surface area contributed by atoms with Gasteiger partial charge in [-0.25, -0.2) is 0 Å². The molecular weight excluding hydrogens is 292 g/mol. The van der Waals surface area contributed by atoms with Gasteiger partial charge in [0.25, 0.3) is 0 Å². The van der Waals surface area contributed by atoms with E-state index in [9.17, 15) is 4.79 Å². The number of carbonyl (C=O) groups excluding carboxylic acids is 1. The van der Waals surface area contributed by atoms with Crippen LogP contribution in [-0.4, -0.2) is 17.7 Å². The van der Waals surface area contributed by atoms with E-state index >= 15 is 0 Å². The molecule has 2 rings (SSSR count). The molecule has 0 radical (unpaired) electrons. The first kappa shape index (κ1) is 16.9. The van der Waals surface area contributed by atoms with Crippen LogP contribution in [0.5, 0.6) is 0 Å². The van der Waals surface area contributed by atoms with Crippen molar-refractivity contribution in [2.24, 2.45) is 11.8 Å². The summed E-state index contributed by atoms with van der Waals surface area (Å²) >= 11 is 1.62. The van der Waals surface area contributed by atoms with Gasteiger partial charge in [0.05, 0.1) is 17.4 Å². The van der Waals surface area contributed by atoms with Gasteiger partial charge in [-0.3, -0.25) is 4.79 Å². The molecule has 1 N–H and O–H groups in total. The molecule has 0 aromatic heterocycles. The molecule has 118 valence electrons. The van der Waals surface area contributed by atoms with Gasteiger partial charge in [0.15, 0.2) is 0 Å². The zero-order valence-corrected chi connectivity index (χ0v) is 14.2. The lowest BCUT2D eigenvalue weighted by Crippen LogP contribution is -2.46. The summed E-state index contributed by atoms with van der Waals surface area (Å²) in [7, 11) is 0. The summed E-state index contributed by atoms with van der Waals surface area (Å²) < 4.78 is 0. The van der Waals surface area contributed by atoms with Crippen molar-refractivity contribution in [3.8, 4) is 6.07 Å². The Morgan fingerprint density at radius 2 is 1.91 bits per heavy atom. The second kappa shape index (κ2) is 8.24. The van der Waals surface area contributed by atoms with E-state index in [0.717, 1.165) is 11.3 Å². The fourth-order valence-corrected chi connectivity index (χ4v) is 3.93. The summed E-state index contributed by atoms with van der Waals surface area (Å²) in [6.07, 6.45) is 3.71. The monoisotopic (exact) mass is 316 g/mol. The molecule has 0 aliphatic heterocycles. The molecule has 22 heavy (non-hydrogen) atoms. The standard InChI is InChI=1S/C18H24N2OS/c1-13-4-3-5-14(2)18(13)20-17(21)12-22-11-16-8-6-15(10-19)7-9-16/h6-9,13-14,18H,3-5,11-12H2,1-2H3,(H,20,21)/t13-,14+,18?. The van der Waals surface area contributed by atoms with E-state index in [2.05, 4.69) is 25.2 Å². The first-order valence-electron chi connectivity index (χ1n) is 7.96. The summed E-state index contributed by atoms with van der Waals surface area (Å²) in [5.74, 6) is 2.60. The van der Waals surface area contributed by atoms with Crippen LogP contribution in [0.3, 0.4) is 0 Å². The van der Waals surface area contributed by atoms with Crippen molar-refractivity contribution >= 4 is 17.7 Å². The highest BCUT2D eigenvalue weighted by Crippen LogP contribution is 2.28. The average molecular weight is 316 g/mol. The van der Waals surface area contributed by atoms with Crippen LogP contribution in [0.1, 0.15) is 44.2 Å². The molecule has 3 nitrogen and oxygen atoms in total. The van der Waals surface area contributed by atoms with E-state index in [0.29, 0.717) is 29.2 Å². The summed E-state index contributed by atoms with van der Waals surface area (Å²) in [4.78, 5) is 12.1. The maximum absolute atomic E-state index is 12.1. The van der Waals surface area contributed by atoms with Gasteiger partial charge < -0.3 is 5.32 Å². The number of amides is 1. The largest absolute Gasteiger partial charge is 0.352 e. The number of nitriles is 1. The van der Waals surface area contributed by atoms with Gasteiger partial charge in [0, 0.05) is 11.8 Å². The number of hydrogen-bond donors (Lipinski definition) is 1. The van der Waals surface area contributed by atoms with E-state index in [-0.39, 0.29) is 5.91 Å². The Labute approximate surface area is 137 Å². The third-order valence-corrected chi connectivity index (χ3v) is 5.46. The van der Waals surface area contributed by atoms with Crippen molar-refractivity contribution in [2.75, 3.05) is 5.75 Å². The fourth-order valence-electron chi connectivity index (χ4n) is 3.13. The number of carbonyl (C=O) groups is 1. The molecule has 1 aliphatic rings. The molecule has 4 heteroatoms. The summed E-state index contributed by atoms with van der Waals surface area (Å²) in [6.45, 7) is 4.48. The van der Waals surface area contributed by atoms with E-state index < -0.39 is 0 Å². The molecule has 1 aliphatic carbocycles. The van der Waals surface area contributed by atoms with Gasteiger partial charge in [-0.2, -0.15) is 5.26 Å². The van der Waals surface area contributed by atoms with E-state index in [4.69, 9.17) is 5.26 Å². The molecule has 0 bridgehead atoms. The second-order valence-corrected chi connectivity index (χ2v) is 7.27. The van der Waals surface area contributed by atoms with Gasteiger partial charge in [0.2, 0.25) is 5.91 Å². The van der Waals surface area contributed by atoms with Crippen LogP contribution in [0.4, 0.5) is 0 Å². The Kier molecular flexibility index (Phi) is 6.33. The topological polar surface area (TPSA) is 52.9 Å². The molecule has 3 atom stereocenters. The highest BCUT2D eigenvalue weighted by Gasteiger charge is 2.28. The third-order valence-electron chi connectivity index (χ3n) is 4.46. The highest BCUT2D eigenvalue weighted by atomic mass is 32.2. The molecule has 1 aromatic rings. The zero-order chi connectivity index (χ0) is 15.9. The van der Waals surface area contributed by atoms with Crippen molar-refractivity contribution in [3.05, 3.63) is 35.4 Å². The van der Waals surface area contributed by atoms with Crippen LogP contribution >= 0.6 is 11.8 Å². The average Bonchev–Trinajstić information content (AvgIpc) is 2.52. The minimum absolute atomic E-state index is 0.143. The number of benzene rings is 1.